The first kappa shape index (κ1) is 12.6. The molecule has 6 heteroatoms. The number of nitrogens with zero attached hydrogens (tertiary/aromatic N) is 3. The topological polar surface area (TPSA) is 80.0 Å². The molecule has 0 spiro atoms. The standard InChI is InChI=1S/C13H20N4O2/c18-13(19)10-4-1-5-11-15-16-12(17(10)11)7-9-3-2-6-14-8-9/h9-10,14H,1-8H2,(H,18,19). The summed E-state index contributed by atoms with van der Waals surface area (Å²) in [5, 5.41) is 21.2. The van der Waals surface area contributed by atoms with Gasteiger partial charge in [-0.05, 0) is 44.7 Å². The van der Waals surface area contributed by atoms with Crippen LogP contribution >= 0.6 is 0 Å². The van der Waals surface area contributed by atoms with Gasteiger partial charge in [0, 0.05) is 12.8 Å². The zero-order valence-electron chi connectivity index (χ0n) is 11.0. The minimum absolute atomic E-state index is 0.467. The van der Waals surface area contributed by atoms with Crippen LogP contribution in [0.1, 0.15) is 43.4 Å². The van der Waals surface area contributed by atoms with Gasteiger partial charge in [-0.2, -0.15) is 0 Å². The zero-order valence-corrected chi connectivity index (χ0v) is 11.0. The lowest BCUT2D eigenvalue weighted by Crippen LogP contribution is -2.32. The Morgan fingerprint density at radius 3 is 3.00 bits per heavy atom. The Morgan fingerprint density at radius 1 is 1.37 bits per heavy atom. The second-order valence-corrected chi connectivity index (χ2v) is 5.57. The number of rotatable bonds is 3. The molecule has 0 bridgehead atoms. The monoisotopic (exact) mass is 264 g/mol. The maximum Gasteiger partial charge on any atom is 0.326 e. The number of carboxylic acid groups (broad SMARTS) is 1. The van der Waals surface area contributed by atoms with E-state index in [1.54, 1.807) is 0 Å². The zero-order chi connectivity index (χ0) is 13.2. The van der Waals surface area contributed by atoms with Gasteiger partial charge in [-0.3, -0.25) is 0 Å². The van der Waals surface area contributed by atoms with Gasteiger partial charge in [-0.25, -0.2) is 4.79 Å². The number of piperidine rings is 1. The lowest BCUT2D eigenvalue weighted by atomic mass is 9.95. The molecule has 3 heterocycles. The van der Waals surface area contributed by atoms with Gasteiger partial charge in [0.2, 0.25) is 0 Å². The third-order valence-corrected chi connectivity index (χ3v) is 4.18. The van der Waals surface area contributed by atoms with Gasteiger partial charge in [0.1, 0.15) is 17.7 Å². The van der Waals surface area contributed by atoms with Crippen molar-refractivity contribution in [3.05, 3.63) is 11.6 Å². The number of aliphatic carboxylic acids is 1. The number of hydrogen-bond donors (Lipinski definition) is 2. The number of carbonyl (C=O) groups is 1. The minimum Gasteiger partial charge on any atom is -0.480 e. The number of carboxylic acids is 1. The number of aryl methyl sites for hydroxylation is 1. The normalized spacial score (nSPS) is 26.9. The highest BCUT2D eigenvalue weighted by Crippen LogP contribution is 2.27. The summed E-state index contributed by atoms with van der Waals surface area (Å²) in [5.74, 6) is 1.50. The molecule has 1 aromatic heterocycles. The molecule has 2 atom stereocenters. The molecule has 3 rings (SSSR count). The summed E-state index contributed by atoms with van der Waals surface area (Å²) in [5.41, 5.74) is 0. The molecule has 2 aliphatic heterocycles. The molecule has 1 saturated heterocycles. The Labute approximate surface area is 112 Å². The summed E-state index contributed by atoms with van der Waals surface area (Å²) < 4.78 is 1.88. The summed E-state index contributed by atoms with van der Waals surface area (Å²) >= 11 is 0. The fourth-order valence-corrected chi connectivity index (χ4v) is 3.20. The number of aromatic nitrogens is 3. The largest absolute Gasteiger partial charge is 0.480 e. The third kappa shape index (κ3) is 2.49. The van der Waals surface area contributed by atoms with E-state index in [1.807, 2.05) is 4.57 Å². The summed E-state index contributed by atoms with van der Waals surface area (Å²) in [7, 11) is 0. The van der Waals surface area contributed by atoms with E-state index in [1.165, 1.54) is 12.8 Å². The van der Waals surface area contributed by atoms with Crippen molar-refractivity contribution in [2.24, 2.45) is 5.92 Å². The van der Waals surface area contributed by atoms with Crippen LogP contribution in [0.25, 0.3) is 0 Å². The van der Waals surface area contributed by atoms with E-state index in [2.05, 4.69) is 15.5 Å². The van der Waals surface area contributed by atoms with Crippen molar-refractivity contribution in [1.82, 2.24) is 20.1 Å². The van der Waals surface area contributed by atoms with Crippen LogP contribution in [0.3, 0.4) is 0 Å². The highest BCUT2D eigenvalue weighted by Gasteiger charge is 2.30. The molecule has 2 unspecified atom stereocenters. The first-order valence-corrected chi connectivity index (χ1v) is 7.12. The summed E-state index contributed by atoms with van der Waals surface area (Å²) in [6, 6.07) is -0.467. The van der Waals surface area contributed by atoms with E-state index < -0.39 is 12.0 Å². The van der Waals surface area contributed by atoms with Crippen LogP contribution < -0.4 is 5.32 Å². The van der Waals surface area contributed by atoms with E-state index in [9.17, 15) is 9.90 Å². The molecule has 0 amide bonds. The van der Waals surface area contributed by atoms with Crippen LogP contribution in [0.4, 0.5) is 0 Å². The molecule has 1 aromatic rings. The number of fused-ring (bicyclic) bond motifs is 1. The van der Waals surface area contributed by atoms with Crippen molar-refractivity contribution < 1.29 is 9.90 Å². The van der Waals surface area contributed by atoms with E-state index in [4.69, 9.17) is 0 Å². The van der Waals surface area contributed by atoms with Crippen LogP contribution in [-0.2, 0) is 17.6 Å². The van der Waals surface area contributed by atoms with Gasteiger partial charge >= 0.3 is 5.97 Å². The number of nitrogens with one attached hydrogen (secondary N) is 1. The highest BCUT2D eigenvalue weighted by atomic mass is 16.4. The molecular formula is C13H20N4O2. The smallest absolute Gasteiger partial charge is 0.326 e. The quantitative estimate of drug-likeness (QED) is 0.843. The van der Waals surface area contributed by atoms with Gasteiger partial charge in [0.15, 0.2) is 0 Å². The van der Waals surface area contributed by atoms with Crippen molar-refractivity contribution in [2.75, 3.05) is 13.1 Å². The van der Waals surface area contributed by atoms with Gasteiger partial charge < -0.3 is 15.0 Å². The van der Waals surface area contributed by atoms with Crippen LogP contribution in [0.2, 0.25) is 0 Å². The van der Waals surface area contributed by atoms with Crippen LogP contribution in [0.15, 0.2) is 0 Å². The molecule has 0 saturated carbocycles. The van der Waals surface area contributed by atoms with Gasteiger partial charge in [0.05, 0.1) is 0 Å². The summed E-state index contributed by atoms with van der Waals surface area (Å²) in [6.07, 6.45) is 5.64. The molecule has 19 heavy (non-hydrogen) atoms. The van der Waals surface area contributed by atoms with E-state index >= 15 is 0 Å². The van der Waals surface area contributed by atoms with Crippen LogP contribution in [0.5, 0.6) is 0 Å². The average molecular weight is 264 g/mol. The summed E-state index contributed by atoms with van der Waals surface area (Å²) in [6.45, 7) is 2.09. The maximum absolute atomic E-state index is 11.4. The lowest BCUT2D eigenvalue weighted by Gasteiger charge is -2.25. The molecule has 0 radical (unpaired) electrons. The highest BCUT2D eigenvalue weighted by molar-refractivity contribution is 5.72. The molecule has 6 nitrogen and oxygen atoms in total. The predicted octanol–water partition coefficient (Wildman–Crippen LogP) is 0.782. The summed E-state index contributed by atoms with van der Waals surface area (Å²) in [4.78, 5) is 11.4. The van der Waals surface area contributed by atoms with Crippen LogP contribution in [0, 0.1) is 5.92 Å². The van der Waals surface area contributed by atoms with Crippen molar-refractivity contribution in [3.8, 4) is 0 Å². The Hall–Kier alpha value is -1.43. The molecule has 104 valence electrons. The van der Waals surface area contributed by atoms with Crippen molar-refractivity contribution in [3.63, 3.8) is 0 Å². The van der Waals surface area contributed by atoms with E-state index in [0.717, 1.165) is 44.0 Å². The van der Waals surface area contributed by atoms with Gasteiger partial charge in [0.25, 0.3) is 0 Å². The van der Waals surface area contributed by atoms with Gasteiger partial charge in [-0.15, -0.1) is 10.2 Å². The lowest BCUT2D eigenvalue weighted by molar-refractivity contribution is -0.141. The maximum atomic E-state index is 11.4. The average Bonchev–Trinajstić information content (AvgIpc) is 2.83. The molecular weight excluding hydrogens is 244 g/mol. The molecule has 2 aliphatic rings. The predicted molar refractivity (Wildman–Crippen MR) is 68.9 cm³/mol. The Balaban J connectivity index is 1.82. The molecule has 1 fully saturated rings. The Kier molecular flexibility index (Phi) is 3.50. The van der Waals surface area contributed by atoms with E-state index in [0.29, 0.717) is 12.3 Å². The first-order valence-electron chi connectivity index (χ1n) is 7.12. The van der Waals surface area contributed by atoms with E-state index in [-0.39, 0.29) is 0 Å². The van der Waals surface area contributed by atoms with Crippen LogP contribution in [-0.4, -0.2) is 38.9 Å². The second-order valence-electron chi connectivity index (χ2n) is 5.57. The fourth-order valence-electron chi connectivity index (χ4n) is 3.20. The second kappa shape index (κ2) is 5.28. The Bertz CT molecular complexity index is 465. The third-order valence-electron chi connectivity index (χ3n) is 4.18. The van der Waals surface area contributed by atoms with Crippen molar-refractivity contribution >= 4 is 5.97 Å². The minimum atomic E-state index is -0.760. The SMILES string of the molecule is O=C(O)C1CCCc2nnc(CC3CCCNC3)n21. The molecule has 2 N–H and O–H groups in total. The number of hydrogen-bond acceptors (Lipinski definition) is 4. The Morgan fingerprint density at radius 2 is 2.26 bits per heavy atom. The fraction of sp³-hybridized carbons (Fsp3) is 0.769. The van der Waals surface area contributed by atoms with Gasteiger partial charge in [-0.1, -0.05) is 0 Å². The molecule has 0 aliphatic carbocycles. The van der Waals surface area contributed by atoms with Crippen molar-refractivity contribution in [2.45, 2.75) is 44.6 Å². The van der Waals surface area contributed by atoms with Crippen molar-refractivity contribution in [1.29, 1.82) is 0 Å². The first-order chi connectivity index (χ1) is 9.25. The molecule has 0 aromatic carbocycles.